The molecular formula is C46H48ClN5O7. The van der Waals surface area contributed by atoms with Gasteiger partial charge in [-0.05, 0) is 83.5 Å². The molecule has 2 saturated heterocycles. The fraction of sp³-hybridized carbons (Fsp3) is 0.326. The van der Waals surface area contributed by atoms with Crippen LogP contribution in [0, 0.1) is 0 Å². The average Bonchev–Trinajstić information content (AvgIpc) is 3.58. The molecule has 3 heterocycles. The molecule has 3 aliphatic heterocycles. The number of ether oxygens (including phenoxy) is 1. The van der Waals surface area contributed by atoms with Gasteiger partial charge in [-0.15, -0.1) is 11.6 Å². The minimum atomic E-state index is -0.737. The van der Waals surface area contributed by atoms with Gasteiger partial charge >= 0.3 is 0 Å². The van der Waals surface area contributed by atoms with Gasteiger partial charge in [0.1, 0.15) is 24.1 Å². The number of fused-ring (bicyclic) bond motifs is 1. The van der Waals surface area contributed by atoms with Crippen molar-refractivity contribution >= 4 is 58.0 Å². The number of rotatable bonds is 15. The van der Waals surface area contributed by atoms with Crippen LogP contribution >= 0.6 is 11.6 Å². The molecule has 1 unspecified atom stereocenters. The minimum Gasteiger partial charge on any atom is -0.508 e. The van der Waals surface area contributed by atoms with E-state index in [1.807, 2.05) is 47.4 Å². The number of phenolic OH excluding ortho intramolecular Hbond substituents is 1. The average molecular weight is 818 g/mol. The molecule has 3 N–H and O–H groups in total. The highest BCUT2D eigenvalue weighted by atomic mass is 35.5. The molecule has 306 valence electrons. The molecule has 4 aromatic rings. The van der Waals surface area contributed by atoms with Gasteiger partial charge < -0.3 is 25.0 Å². The fourth-order valence-corrected chi connectivity index (χ4v) is 8.18. The maximum atomic E-state index is 13.1. The zero-order chi connectivity index (χ0) is 41.3. The number of halogens is 1. The Bertz CT molecular complexity index is 2200. The molecule has 59 heavy (non-hydrogen) atoms. The molecule has 0 aliphatic carbocycles. The largest absolute Gasteiger partial charge is 0.508 e. The standard InChI is InChI=1S/C46H48ClN5O7/c47-23-22-36(31-6-2-1-3-7-31)44(32-12-16-34(53)17-13-32)33-14-18-35(19-15-33)59-29-28-50-24-26-51(27-25-50)43(56)11-5-10-41(54)48-39-9-4-8-37-38(39)30-52(46(37)58)40-20-21-42(55)49-45(40)57/h1-4,6-9,12-19,40,53H,5,10-11,20-30H2,(H,48,54)(H,49,55,57). The summed E-state index contributed by atoms with van der Waals surface area (Å²) < 4.78 is 6.14. The molecule has 3 aliphatic rings. The highest BCUT2D eigenvalue weighted by Gasteiger charge is 2.40. The quantitative estimate of drug-likeness (QED) is 0.0744. The Balaban J connectivity index is 0.847. The minimum absolute atomic E-state index is 0.0158. The first-order chi connectivity index (χ1) is 28.7. The molecule has 0 spiro atoms. The first-order valence-corrected chi connectivity index (χ1v) is 20.7. The van der Waals surface area contributed by atoms with Crippen molar-refractivity contribution < 1.29 is 33.8 Å². The van der Waals surface area contributed by atoms with Crippen molar-refractivity contribution in [2.75, 3.05) is 50.5 Å². The predicted octanol–water partition coefficient (Wildman–Crippen LogP) is 6.07. The molecular weight excluding hydrogens is 770 g/mol. The van der Waals surface area contributed by atoms with Gasteiger partial charge in [0.05, 0.1) is 0 Å². The number of phenols is 1. The SMILES string of the molecule is O=C1CCC(N2Cc3c(NC(=O)CCCC(=O)N4CCN(CCOc5ccc(C(=C(CCCl)c6ccccc6)c6ccc(O)cc6)cc5)CC4)cccc3C2=O)C(=O)N1. The van der Waals surface area contributed by atoms with Crippen LogP contribution in [0.2, 0.25) is 0 Å². The van der Waals surface area contributed by atoms with E-state index >= 15 is 0 Å². The molecule has 2 fully saturated rings. The number of hydrogen-bond acceptors (Lipinski definition) is 8. The summed E-state index contributed by atoms with van der Waals surface area (Å²) in [5.74, 6) is 0.0539. The number of anilines is 1. The second-order valence-electron chi connectivity index (χ2n) is 14.9. The third kappa shape index (κ3) is 10.0. The molecule has 12 nitrogen and oxygen atoms in total. The van der Waals surface area contributed by atoms with E-state index < -0.39 is 11.9 Å². The van der Waals surface area contributed by atoms with Gasteiger partial charge in [-0.25, -0.2) is 0 Å². The Morgan fingerprint density at radius 1 is 0.814 bits per heavy atom. The smallest absolute Gasteiger partial charge is 0.255 e. The molecule has 4 aromatic carbocycles. The van der Waals surface area contributed by atoms with Crippen molar-refractivity contribution in [3.8, 4) is 11.5 Å². The number of allylic oxidation sites excluding steroid dienone is 1. The number of carbonyl (C=O) groups excluding carboxylic acids is 5. The van der Waals surface area contributed by atoms with Crippen molar-refractivity contribution in [1.82, 2.24) is 20.0 Å². The number of alkyl halides is 1. The molecule has 7 rings (SSSR count). The Morgan fingerprint density at radius 2 is 1.53 bits per heavy atom. The maximum Gasteiger partial charge on any atom is 0.255 e. The Hall–Kier alpha value is -5.98. The molecule has 0 aromatic heterocycles. The molecule has 1 atom stereocenters. The van der Waals surface area contributed by atoms with Crippen LogP contribution in [-0.4, -0.2) is 101 Å². The number of imide groups is 1. The van der Waals surface area contributed by atoms with Gasteiger partial charge in [0.2, 0.25) is 23.6 Å². The number of piperazine rings is 1. The van der Waals surface area contributed by atoms with Crippen molar-refractivity contribution in [2.24, 2.45) is 0 Å². The summed E-state index contributed by atoms with van der Waals surface area (Å²) in [7, 11) is 0. The van der Waals surface area contributed by atoms with Crippen LogP contribution in [0.1, 0.15) is 71.1 Å². The van der Waals surface area contributed by atoms with Crippen molar-refractivity contribution in [2.45, 2.75) is 51.1 Å². The highest BCUT2D eigenvalue weighted by molar-refractivity contribution is 6.18. The summed E-state index contributed by atoms with van der Waals surface area (Å²) >= 11 is 6.30. The van der Waals surface area contributed by atoms with Crippen LogP contribution in [0.25, 0.3) is 11.1 Å². The second kappa shape index (κ2) is 19.2. The first kappa shape index (κ1) is 41.2. The summed E-state index contributed by atoms with van der Waals surface area (Å²) in [4.78, 5) is 68.7. The van der Waals surface area contributed by atoms with Gasteiger partial charge in [0, 0.05) is 81.2 Å². The Labute approximate surface area is 348 Å². The molecule has 0 bridgehead atoms. The number of carbonyl (C=O) groups is 5. The normalized spacial score (nSPS) is 17.3. The summed E-state index contributed by atoms with van der Waals surface area (Å²) in [5.41, 5.74) is 6.84. The van der Waals surface area contributed by atoms with Crippen LogP contribution in [-0.2, 0) is 25.7 Å². The van der Waals surface area contributed by atoms with E-state index in [0.717, 1.165) is 53.2 Å². The number of piperidine rings is 1. The first-order valence-electron chi connectivity index (χ1n) is 20.1. The van der Waals surface area contributed by atoms with Gasteiger partial charge in [0.15, 0.2) is 0 Å². The monoisotopic (exact) mass is 817 g/mol. The summed E-state index contributed by atoms with van der Waals surface area (Å²) in [6.07, 6.45) is 1.89. The van der Waals surface area contributed by atoms with Crippen LogP contribution in [0.4, 0.5) is 5.69 Å². The third-order valence-corrected chi connectivity index (χ3v) is 11.3. The number of hydrogen-bond donors (Lipinski definition) is 3. The fourth-order valence-electron chi connectivity index (χ4n) is 8.00. The lowest BCUT2D eigenvalue weighted by molar-refractivity contribution is -0.137. The number of nitrogens with one attached hydrogen (secondary N) is 2. The summed E-state index contributed by atoms with van der Waals surface area (Å²) in [5, 5.41) is 15.2. The number of aromatic hydroxyl groups is 1. The Kier molecular flexibility index (Phi) is 13.4. The third-order valence-electron chi connectivity index (χ3n) is 11.1. The predicted molar refractivity (Wildman–Crippen MR) is 226 cm³/mol. The van der Waals surface area contributed by atoms with Crippen LogP contribution < -0.4 is 15.4 Å². The van der Waals surface area contributed by atoms with E-state index in [1.165, 1.54) is 4.90 Å². The summed E-state index contributed by atoms with van der Waals surface area (Å²) in [6, 6.07) is 29.8. The van der Waals surface area contributed by atoms with Gasteiger partial charge in [-0.2, -0.15) is 0 Å². The highest BCUT2D eigenvalue weighted by Crippen LogP contribution is 2.36. The zero-order valence-electron chi connectivity index (χ0n) is 32.8. The molecule has 0 saturated carbocycles. The summed E-state index contributed by atoms with van der Waals surface area (Å²) in [6.45, 7) is 4.04. The van der Waals surface area contributed by atoms with Crippen molar-refractivity contribution in [3.05, 3.63) is 125 Å². The van der Waals surface area contributed by atoms with Crippen LogP contribution in [0.5, 0.6) is 11.5 Å². The second-order valence-corrected chi connectivity index (χ2v) is 15.3. The van der Waals surface area contributed by atoms with E-state index in [-0.39, 0.29) is 61.6 Å². The lowest BCUT2D eigenvalue weighted by atomic mass is 9.88. The number of amides is 5. The number of benzene rings is 4. The molecule has 13 heteroatoms. The van der Waals surface area contributed by atoms with Gasteiger partial charge in [0.25, 0.3) is 5.91 Å². The Morgan fingerprint density at radius 3 is 2.22 bits per heavy atom. The lowest BCUT2D eigenvalue weighted by Gasteiger charge is -2.34. The van der Waals surface area contributed by atoms with Crippen molar-refractivity contribution in [1.29, 1.82) is 0 Å². The van der Waals surface area contributed by atoms with Gasteiger partial charge in [-0.1, -0.05) is 60.7 Å². The van der Waals surface area contributed by atoms with Gasteiger partial charge in [-0.3, -0.25) is 34.2 Å². The maximum absolute atomic E-state index is 13.1. The van der Waals surface area contributed by atoms with Crippen LogP contribution in [0.15, 0.2) is 97.1 Å². The van der Waals surface area contributed by atoms with E-state index in [0.29, 0.717) is 55.2 Å². The van der Waals surface area contributed by atoms with Crippen LogP contribution in [0.3, 0.4) is 0 Å². The number of nitrogens with zero attached hydrogens (tertiary/aromatic N) is 3. The lowest BCUT2D eigenvalue weighted by Crippen LogP contribution is -2.52. The zero-order valence-corrected chi connectivity index (χ0v) is 33.6. The van der Waals surface area contributed by atoms with E-state index in [2.05, 4.69) is 39.8 Å². The van der Waals surface area contributed by atoms with E-state index in [4.69, 9.17) is 16.3 Å². The van der Waals surface area contributed by atoms with E-state index in [9.17, 15) is 29.1 Å². The van der Waals surface area contributed by atoms with Crippen molar-refractivity contribution in [3.63, 3.8) is 0 Å². The van der Waals surface area contributed by atoms with E-state index in [1.54, 1.807) is 30.3 Å². The molecule has 5 amide bonds. The topological polar surface area (TPSA) is 149 Å². The molecule has 0 radical (unpaired) electrons.